The predicted octanol–water partition coefficient (Wildman–Crippen LogP) is 3.86. The van der Waals surface area contributed by atoms with E-state index in [-0.39, 0.29) is 11.6 Å². The molecule has 4 heteroatoms. The fraction of sp³-hybridized carbons (Fsp3) is 0.261. The highest BCUT2D eigenvalue weighted by molar-refractivity contribution is 5.94. The van der Waals surface area contributed by atoms with Gasteiger partial charge in [0.2, 0.25) is 0 Å². The summed E-state index contributed by atoms with van der Waals surface area (Å²) >= 11 is 0. The number of ketones is 1. The van der Waals surface area contributed by atoms with Crippen molar-refractivity contribution < 1.29 is 14.3 Å². The first-order valence-electron chi connectivity index (χ1n) is 9.12. The zero-order valence-electron chi connectivity index (χ0n) is 15.5. The Hall–Kier alpha value is -2.56. The van der Waals surface area contributed by atoms with Gasteiger partial charge in [-0.15, -0.1) is 0 Å². The Bertz CT molecular complexity index is 868. The van der Waals surface area contributed by atoms with Crippen molar-refractivity contribution in [3.05, 3.63) is 82.7 Å². The van der Waals surface area contributed by atoms with Crippen molar-refractivity contribution in [3.63, 3.8) is 0 Å². The molecule has 0 aliphatic heterocycles. The number of hydrogen-bond acceptors (Lipinski definition) is 3. The highest BCUT2D eigenvalue weighted by atomic mass is 19.1. The Balaban J connectivity index is 1.52. The van der Waals surface area contributed by atoms with Gasteiger partial charge < -0.3 is 10.0 Å². The van der Waals surface area contributed by atoms with Crippen LogP contribution in [0.4, 0.5) is 4.39 Å². The second kappa shape index (κ2) is 8.89. The third kappa shape index (κ3) is 5.22. The van der Waals surface area contributed by atoms with Crippen LogP contribution in [0.5, 0.6) is 0 Å². The van der Waals surface area contributed by atoms with Gasteiger partial charge in [0.05, 0.1) is 0 Å². The van der Waals surface area contributed by atoms with E-state index in [0.29, 0.717) is 0 Å². The maximum Gasteiger partial charge on any atom is 0.181 e. The van der Waals surface area contributed by atoms with Crippen molar-refractivity contribution in [2.45, 2.75) is 19.4 Å². The lowest BCUT2D eigenvalue weighted by Gasteiger charge is -2.17. The van der Waals surface area contributed by atoms with Gasteiger partial charge in [0.1, 0.15) is 12.4 Å². The zero-order chi connectivity index (χ0) is 19.2. The Kier molecular flexibility index (Phi) is 6.32. The van der Waals surface area contributed by atoms with Crippen molar-refractivity contribution in [1.82, 2.24) is 4.90 Å². The van der Waals surface area contributed by atoms with Crippen LogP contribution in [0.15, 0.2) is 54.6 Å². The Labute approximate surface area is 159 Å². The van der Waals surface area contributed by atoms with Crippen molar-refractivity contribution in [3.8, 4) is 0 Å². The smallest absolute Gasteiger partial charge is 0.181 e. The van der Waals surface area contributed by atoms with Gasteiger partial charge in [0.25, 0.3) is 0 Å². The number of rotatable bonds is 8. The maximum atomic E-state index is 13.5. The largest absolute Gasteiger partial charge is 0.388 e. The summed E-state index contributed by atoms with van der Waals surface area (Å²) in [6.45, 7) is 1.25. The van der Waals surface area contributed by atoms with Crippen LogP contribution in [0.25, 0.3) is 11.6 Å². The molecule has 1 N–H and O–H groups in total. The van der Waals surface area contributed by atoms with Crippen LogP contribution in [0.3, 0.4) is 0 Å². The van der Waals surface area contributed by atoms with E-state index in [0.717, 1.165) is 37.1 Å². The van der Waals surface area contributed by atoms with Gasteiger partial charge in [-0.2, -0.15) is 0 Å². The third-order valence-electron chi connectivity index (χ3n) is 4.80. The van der Waals surface area contributed by atoms with E-state index in [4.69, 9.17) is 5.11 Å². The summed E-state index contributed by atoms with van der Waals surface area (Å²) in [5, 5.41) is 8.72. The number of halogens is 1. The summed E-state index contributed by atoms with van der Waals surface area (Å²) in [6.07, 6.45) is 7.08. The number of carbonyl (C=O) groups excluding carboxylic acids is 1. The van der Waals surface area contributed by atoms with Gasteiger partial charge in [0, 0.05) is 13.1 Å². The quantitative estimate of drug-likeness (QED) is 0.722. The van der Waals surface area contributed by atoms with E-state index in [1.54, 1.807) is 12.1 Å². The van der Waals surface area contributed by atoms with Gasteiger partial charge in [0.15, 0.2) is 5.78 Å². The van der Waals surface area contributed by atoms with Crippen molar-refractivity contribution in [2.75, 3.05) is 20.2 Å². The normalized spacial score (nSPS) is 13.3. The SMILES string of the molecule is CN(CCC1=CCc2ccc(F)cc21)Cc1ccc(/C=C/C(=O)CO)cc1. The topological polar surface area (TPSA) is 40.5 Å². The van der Waals surface area contributed by atoms with Crippen molar-refractivity contribution in [1.29, 1.82) is 0 Å². The van der Waals surface area contributed by atoms with Crippen LogP contribution in [-0.2, 0) is 17.8 Å². The Morgan fingerprint density at radius 3 is 2.74 bits per heavy atom. The van der Waals surface area contributed by atoms with Gasteiger partial charge in [-0.25, -0.2) is 4.39 Å². The first-order chi connectivity index (χ1) is 13.0. The molecule has 1 aliphatic carbocycles. The number of benzene rings is 2. The van der Waals surface area contributed by atoms with Gasteiger partial charge >= 0.3 is 0 Å². The van der Waals surface area contributed by atoms with E-state index in [9.17, 15) is 9.18 Å². The first kappa shape index (κ1) is 19.2. The molecule has 0 saturated carbocycles. The summed E-state index contributed by atoms with van der Waals surface area (Å²) in [5.74, 6) is -0.480. The molecule has 0 amide bonds. The average molecular weight is 365 g/mol. The molecule has 0 atom stereocenters. The van der Waals surface area contributed by atoms with Crippen molar-refractivity contribution >= 4 is 17.4 Å². The van der Waals surface area contributed by atoms with E-state index >= 15 is 0 Å². The number of carbonyl (C=O) groups is 1. The summed E-state index contributed by atoms with van der Waals surface area (Å²) in [6, 6.07) is 13.0. The average Bonchev–Trinajstić information content (AvgIpc) is 3.07. The molecule has 0 unspecified atom stereocenters. The summed E-state index contributed by atoms with van der Waals surface area (Å²) < 4.78 is 13.5. The summed E-state index contributed by atoms with van der Waals surface area (Å²) in [7, 11) is 2.08. The highest BCUT2D eigenvalue weighted by Crippen LogP contribution is 2.30. The van der Waals surface area contributed by atoms with E-state index in [1.165, 1.54) is 28.8 Å². The predicted molar refractivity (Wildman–Crippen MR) is 107 cm³/mol. The molecule has 140 valence electrons. The molecular formula is C23H24FNO2. The maximum absolute atomic E-state index is 13.5. The minimum Gasteiger partial charge on any atom is -0.388 e. The lowest BCUT2D eigenvalue weighted by molar-refractivity contribution is -0.117. The highest BCUT2D eigenvalue weighted by Gasteiger charge is 2.15. The Morgan fingerprint density at radius 2 is 2.00 bits per heavy atom. The number of allylic oxidation sites excluding steroid dienone is 1. The number of nitrogens with zero attached hydrogens (tertiary/aromatic N) is 1. The molecule has 0 radical (unpaired) electrons. The fourth-order valence-corrected chi connectivity index (χ4v) is 3.28. The molecule has 0 spiro atoms. The summed E-state index contributed by atoms with van der Waals surface area (Å²) in [4.78, 5) is 13.4. The molecule has 0 heterocycles. The van der Waals surface area contributed by atoms with E-state index in [1.807, 2.05) is 30.3 Å². The monoisotopic (exact) mass is 365 g/mol. The van der Waals surface area contributed by atoms with Crippen LogP contribution >= 0.6 is 0 Å². The van der Waals surface area contributed by atoms with Gasteiger partial charge in [-0.1, -0.05) is 42.5 Å². The molecule has 2 aromatic carbocycles. The molecule has 0 aromatic heterocycles. The lowest BCUT2D eigenvalue weighted by Crippen LogP contribution is -2.19. The lowest BCUT2D eigenvalue weighted by atomic mass is 10.0. The van der Waals surface area contributed by atoms with Gasteiger partial charge in [-0.3, -0.25) is 4.79 Å². The molecule has 0 saturated heterocycles. The third-order valence-corrected chi connectivity index (χ3v) is 4.80. The molecule has 3 nitrogen and oxygen atoms in total. The van der Waals surface area contributed by atoms with Crippen LogP contribution in [0.2, 0.25) is 0 Å². The number of hydrogen-bond donors (Lipinski definition) is 1. The second-order valence-corrected chi connectivity index (χ2v) is 6.92. The molecule has 0 fully saturated rings. The first-order valence-corrected chi connectivity index (χ1v) is 9.12. The fourth-order valence-electron chi connectivity index (χ4n) is 3.28. The summed E-state index contributed by atoms with van der Waals surface area (Å²) in [5.41, 5.74) is 5.60. The van der Waals surface area contributed by atoms with Gasteiger partial charge in [-0.05, 0) is 65.9 Å². The molecule has 2 aromatic rings. The van der Waals surface area contributed by atoms with Crippen LogP contribution in [0.1, 0.15) is 28.7 Å². The zero-order valence-corrected chi connectivity index (χ0v) is 15.5. The number of aliphatic hydroxyl groups is 1. The molecule has 1 aliphatic rings. The van der Waals surface area contributed by atoms with Crippen LogP contribution < -0.4 is 0 Å². The van der Waals surface area contributed by atoms with Crippen molar-refractivity contribution in [2.24, 2.45) is 0 Å². The molecule has 27 heavy (non-hydrogen) atoms. The number of aliphatic hydroxyl groups excluding tert-OH is 1. The Morgan fingerprint density at radius 1 is 1.22 bits per heavy atom. The van der Waals surface area contributed by atoms with Crippen LogP contribution in [-0.4, -0.2) is 36.0 Å². The standard InChI is InChI=1S/C23H24FNO2/c1-25(13-12-20-8-7-19-9-10-21(24)14-23(19)20)15-18-4-2-17(3-5-18)6-11-22(27)16-26/h2-6,8-11,14,26H,7,12-13,15-16H2,1H3/b11-6+. The molecule has 3 rings (SSSR count). The second-order valence-electron chi connectivity index (χ2n) is 6.92. The molecule has 0 bridgehead atoms. The van der Waals surface area contributed by atoms with E-state index in [2.05, 4.69) is 18.0 Å². The minimum atomic E-state index is -0.465. The number of fused-ring (bicyclic) bond motifs is 1. The van der Waals surface area contributed by atoms with E-state index < -0.39 is 6.61 Å². The molecular weight excluding hydrogens is 341 g/mol. The minimum absolute atomic E-state index is 0.176. The van der Waals surface area contributed by atoms with Crippen LogP contribution in [0, 0.1) is 5.82 Å².